The van der Waals surface area contributed by atoms with Gasteiger partial charge in [-0.15, -0.1) is 0 Å². The van der Waals surface area contributed by atoms with E-state index in [0.717, 1.165) is 5.56 Å². The quantitative estimate of drug-likeness (QED) is 0.760. The zero-order valence-corrected chi connectivity index (χ0v) is 18.1. The van der Waals surface area contributed by atoms with Crippen LogP contribution in [-0.2, 0) is 4.79 Å². The molecular formula is C24H30N2O4. The molecule has 0 spiro atoms. The number of amides is 2. The van der Waals surface area contributed by atoms with E-state index in [1.807, 2.05) is 36.4 Å². The zero-order valence-electron chi connectivity index (χ0n) is 18.1. The molecule has 6 nitrogen and oxygen atoms in total. The average molecular weight is 411 g/mol. The van der Waals surface area contributed by atoms with E-state index in [-0.39, 0.29) is 23.7 Å². The molecule has 0 bridgehead atoms. The number of nitrogens with one attached hydrogen (secondary N) is 1. The summed E-state index contributed by atoms with van der Waals surface area (Å²) in [5, 5.41) is 3.04. The summed E-state index contributed by atoms with van der Waals surface area (Å²) in [4.78, 5) is 27.9. The van der Waals surface area contributed by atoms with Gasteiger partial charge in [-0.25, -0.2) is 0 Å². The number of methoxy groups -OCH3 is 2. The summed E-state index contributed by atoms with van der Waals surface area (Å²) < 4.78 is 10.9. The zero-order chi connectivity index (χ0) is 21.7. The smallest absolute Gasteiger partial charge is 0.253 e. The van der Waals surface area contributed by atoms with Gasteiger partial charge in [-0.2, -0.15) is 0 Å². The Bertz CT molecular complexity index is 882. The summed E-state index contributed by atoms with van der Waals surface area (Å²) in [5.74, 6) is 1.10. The van der Waals surface area contributed by atoms with Crippen LogP contribution < -0.4 is 14.8 Å². The summed E-state index contributed by atoms with van der Waals surface area (Å²) in [6.07, 6.45) is 0. The van der Waals surface area contributed by atoms with Crippen molar-refractivity contribution in [2.45, 2.75) is 19.8 Å². The Morgan fingerprint density at radius 3 is 2.43 bits per heavy atom. The van der Waals surface area contributed by atoms with Crippen molar-refractivity contribution in [1.29, 1.82) is 0 Å². The third-order valence-corrected chi connectivity index (χ3v) is 5.49. The first-order valence-corrected chi connectivity index (χ1v) is 10.3. The van der Waals surface area contributed by atoms with Crippen LogP contribution in [-0.4, -0.2) is 50.6 Å². The number of likely N-dealkylation sites (tertiary alicyclic amines) is 1. The Morgan fingerprint density at radius 2 is 1.80 bits per heavy atom. The third-order valence-electron chi connectivity index (χ3n) is 5.49. The SMILES string of the molecule is COc1ccc(C2CN(C(=O)c3ccccc3)CC2C(=O)NCC(C)C)c(OC)c1. The maximum absolute atomic E-state index is 13.1. The predicted octanol–water partition coefficient (Wildman–Crippen LogP) is 3.33. The molecule has 1 saturated heterocycles. The topological polar surface area (TPSA) is 67.9 Å². The van der Waals surface area contributed by atoms with E-state index in [1.165, 1.54) is 0 Å². The normalized spacial score (nSPS) is 18.4. The van der Waals surface area contributed by atoms with Crippen molar-refractivity contribution in [3.05, 3.63) is 59.7 Å². The first-order valence-electron chi connectivity index (χ1n) is 10.3. The first-order chi connectivity index (χ1) is 14.4. The van der Waals surface area contributed by atoms with Crippen molar-refractivity contribution in [3.63, 3.8) is 0 Å². The fourth-order valence-electron chi connectivity index (χ4n) is 3.87. The Hall–Kier alpha value is -3.02. The second-order valence-corrected chi connectivity index (χ2v) is 8.04. The van der Waals surface area contributed by atoms with E-state index in [9.17, 15) is 9.59 Å². The molecule has 2 aromatic carbocycles. The first kappa shape index (κ1) is 21.7. The van der Waals surface area contributed by atoms with E-state index in [4.69, 9.17) is 9.47 Å². The standard InChI is InChI=1S/C24H30N2O4/c1-16(2)13-25-23(27)21-15-26(24(28)17-8-6-5-7-9-17)14-20(21)19-11-10-18(29-3)12-22(19)30-4/h5-12,16,20-21H,13-15H2,1-4H3,(H,25,27). The number of carbonyl (C=O) groups is 2. The van der Waals surface area contributed by atoms with Gasteiger partial charge in [0.05, 0.1) is 20.1 Å². The minimum Gasteiger partial charge on any atom is -0.497 e. The van der Waals surface area contributed by atoms with E-state index < -0.39 is 0 Å². The third kappa shape index (κ3) is 4.75. The highest BCUT2D eigenvalue weighted by Gasteiger charge is 2.41. The largest absolute Gasteiger partial charge is 0.497 e. The molecular weight excluding hydrogens is 380 g/mol. The molecule has 6 heteroatoms. The highest BCUT2D eigenvalue weighted by molar-refractivity contribution is 5.95. The Kier molecular flexibility index (Phi) is 6.98. The molecule has 0 aromatic heterocycles. The summed E-state index contributed by atoms with van der Waals surface area (Å²) in [5.41, 5.74) is 1.53. The van der Waals surface area contributed by atoms with Gasteiger partial charge in [-0.1, -0.05) is 38.1 Å². The van der Waals surface area contributed by atoms with Crippen molar-refractivity contribution < 1.29 is 19.1 Å². The number of nitrogens with zero attached hydrogens (tertiary/aromatic N) is 1. The van der Waals surface area contributed by atoms with Crippen molar-refractivity contribution in [2.75, 3.05) is 33.9 Å². The molecule has 0 saturated carbocycles. The Balaban J connectivity index is 1.91. The molecule has 2 aromatic rings. The number of rotatable bonds is 7. The monoisotopic (exact) mass is 410 g/mol. The fraction of sp³-hybridized carbons (Fsp3) is 0.417. The van der Waals surface area contributed by atoms with Crippen LogP contribution in [0.5, 0.6) is 11.5 Å². The lowest BCUT2D eigenvalue weighted by molar-refractivity contribution is -0.125. The van der Waals surface area contributed by atoms with Crippen LogP contribution in [0, 0.1) is 11.8 Å². The van der Waals surface area contributed by atoms with E-state index >= 15 is 0 Å². The molecule has 3 rings (SSSR count). The highest BCUT2D eigenvalue weighted by Crippen LogP contribution is 2.39. The summed E-state index contributed by atoms with van der Waals surface area (Å²) in [7, 11) is 3.21. The van der Waals surface area contributed by atoms with Gasteiger partial charge in [0.1, 0.15) is 11.5 Å². The van der Waals surface area contributed by atoms with Crippen molar-refractivity contribution in [2.24, 2.45) is 11.8 Å². The van der Waals surface area contributed by atoms with Crippen LogP contribution in [0.15, 0.2) is 48.5 Å². The van der Waals surface area contributed by atoms with Crippen LogP contribution in [0.3, 0.4) is 0 Å². The molecule has 1 fully saturated rings. The van der Waals surface area contributed by atoms with E-state index in [0.29, 0.717) is 42.6 Å². The minimum absolute atomic E-state index is 0.0325. The van der Waals surface area contributed by atoms with Crippen molar-refractivity contribution in [1.82, 2.24) is 10.2 Å². The van der Waals surface area contributed by atoms with Crippen LogP contribution in [0.4, 0.5) is 0 Å². The molecule has 1 heterocycles. The number of hydrogen-bond donors (Lipinski definition) is 1. The van der Waals surface area contributed by atoms with Gasteiger partial charge in [-0.05, 0) is 24.1 Å². The van der Waals surface area contributed by atoms with Gasteiger partial charge in [0.2, 0.25) is 5.91 Å². The highest BCUT2D eigenvalue weighted by atomic mass is 16.5. The second kappa shape index (κ2) is 9.65. The maximum Gasteiger partial charge on any atom is 0.253 e. The molecule has 1 aliphatic rings. The number of ether oxygens (including phenoxy) is 2. The Morgan fingerprint density at radius 1 is 1.07 bits per heavy atom. The van der Waals surface area contributed by atoms with Gasteiger partial charge in [0.15, 0.2) is 0 Å². The van der Waals surface area contributed by atoms with Crippen LogP contribution in [0.2, 0.25) is 0 Å². The molecule has 2 amide bonds. The van der Waals surface area contributed by atoms with Crippen LogP contribution in [0.25, 0.3) is 0 Å². The lowest BCUT2D eigenvalue weighted by Crippen LogP contribution is -2.37. The predicted molar refractivity (Wildman–Crippen MR) is 116 cm³/mol. The molecule has 2 atom stereocenters. The van der Waals surface area contributed by atoms with Gasteiger partial charge in [-0.3, -0.25) is 9.59 Å². The second-order valence-electron chi connectivity index (χ2n) is 8.04. The summed E-state index contributed by atoms with van der Waals surface area (Å²) >= 11 is 0. The van der Waals surface area contributed by atoms with Crippen molar-refractivity contribution in [3.8, 4) is 11.5 Å². The van der Waals surface area contributed by atoms with E-state index in [2.05, 4.69) is 19.2 Å². The molecule has 1 N–H and O–H groups in total. The molecule has 0 radical (unpaired) electrons. The lowest BCUT2D eigenvalue weighted by atomic mass is 9.87. The van der Waals surface area contributed by atoms with Gasteiger partial charge in [0, 0.05) is 42.7 Å². The molecule has 30 heavy (non-hydrogen) atoms. The summed E-state index contributed by atoms with van der Waals surface area (Å²) in [6, 6.07) is 14.8. The van der Waals surface area contributed by atoms with Crippen LogP contribution >= 0.6 is 0 Å². The maximum atomic E-state index is 13.1. The average Bonchev–Trinajstić information content (AvgIpc) is 3.22. The molecule has 0 aliphatic carbocycles. The van der Waals surface area contributed by atoms with Gasteiger partial charge < -0.3 is 19.7 Å². The summed E-state index contributed by atoms with van der Waals surface area (Å²) in [6.45, 7) is 5.55. The molecule has 160 valence electrons. The number of hydrogen-bond acceptors (Lipinski definition) is 4. The molecule has 1 aliphatic heterocycles. The lowest BCUT2D eigenvalue weighted by Gasteiger charge is -2.21. The Labute approximate surface area is 178 Å². The number of benzene rings is 2. The molecule has 2 unspecified atom stereocenters. The van der Waals surface area contributed by atoms with Crippen molar-refractivity contribution >= 4 is 11.8 Å². The minimum atomic E-state index is -0.348. The fourth-order valence-corrected chi connectivity index (χ4v) is 3.87. The number of carbonyl (C=O) groups excluding carboxylic acids is 2. The van der Waals surface area contributed by atoms with Gasteiger partial charge in [0.25, 0.3) is 5.91 Å². The van der Waals surface area contributed by atoms with Gasteiger partial charge >= 0.3 is 0 Å². The van der Waals surface area contributed by atoms with Crippen LogP contribution in [0.1, 0.15) is 35.7 Å². The van der Waals surface area contributed by atoms with E-state index in [1.54, 1.807) is 31.3 Å².